The molecule has 0 fully saturated rings. The van der Waals surface area contributed by atoms with Crippen molar-refractivity contribution in [2.45, 2.75) is 13.0 Å². The van der Waals surface area contributed by atoms with E-state index in [9.17, 15) is 9.59 Å². The van der Waals surface area contributed by atoms with Crippen LogP contribution in [0.1, 0.15) is 24.1 Å². The van der Waals surface area contributed by atoms with Gasteiger partial charge in [0.1, 0.15) is 11.5 Å². The molecule has 0 saturated heterocycles. The van der Waals surface area contributed by atoms with Crippen LogP contribution in [-0.4, -0.2) is 32.2 Å². The normalized spacial score (nSPS) is 11.7. The lowest BCUT2D eigenvalue weighted by Gasteiger charge is -2.13. The maximum absolute atomic E-state index is 11.9. The van der Waals surface area contributed by atoms with Gasteiger partial charge in [0, 0.05) is 11.6 Å². The number of methoxy groups -OCH3 is 2. The maximum Gasteiger partial charge on any atom is 0.329 e. The summed E-state index contributed by atoms with van der Waals surface area (Å²) in [4.78, 5) is 23.8. The summed E-state index contributed by atoms with van der Waals surface area (Å²) in [5.74, 6) is -0.446. The van der Waals surface area contributed by atoms with E-state index >= 15 is 0 Å². The van der Waals surface area contributed by atoms with Crippen molar-refractivity contribution < 1.29 is 19.1 Å². The van der Waals surface area contributed by atoms with Crippen LogP contribution in [0.25, 0.3) is 0 Å². The van der Waals surface area contributed by atoms with E-state index in [-0.39, 0.29) is 6.04 Å². The molecule has 0 spiro atoms. The summed E-state index contributed by atoms with van der Waals surface area (Å²) in [6.45, 7) is 1.80. The molecular weight excluding hydrogens is 334 g/mol. The van der Waals surface area contributed by atoms with Crippen LogP contribution in [0.15, 0.2) is 53.6 Å². The fourth-order valence-corrected chi connectivity index (χ4v) is 2.22. The van der Waals surface area contributed by atoms with E-state index in [4.69, 9.17) is 9.47 Å². The standard InChI is InChI=1S/C19H21N3O4/c1-13(14-7-5-4-6-8-14)21-18(23)19(24)22-20-12-15-9-10-16(25-2)11-17(15)26-3/h4-13H,1-3H3,(H,21,23)(H,22,24)/b20-12+. The van der Waals surface area contributed by atoms with Gasteiger partial charge in [-0.1, -0.05) is 30.3 Å². The predicted octanol–water partition coefficient (Wildman–Crippen LogP) is 2.03. The number of rotatable bonds is 6. The number of nitrogens with one attached hydrogen (secondary N) is 2. The minimum absolute atomic E-state index is 0.292. The Bertz CT molecular complexity index is 791. The summed E-state index contributed by atoms with van der Waals surface area (Å²) in [7, 11) is 3.07. The van der Waals surface area contributed by atoms with Gasteiger partial charge in [0.25, 0.3) is 0 Å². The highest BCUT2D eigenvalue weighted by atomic mass is 16.5. The van der Waals surface area contributed by atoms with E-state index in [1.165, 1.54) is 13.3 Å². The molecule has 0 aliphatic heterocycles. The van der Waals surface area contributed by atoms with Crippen molar-refractivity contribution in [2.75, 3.05) is 14.2 Å². The molecule has 2 rings (SSSR count). The van der Waals surface area contributed by atoms with E-state index in [0.29, 0.717) is 17.1 Å². The second-order valence-corrected chi connectivity index (χ2v) is 5.41. The number of hydrazone groups is 1. The lowest BCUT2D eigenvalue weighted by atomic mass is 10.1. The molecule has 2 aromatic rings. The van der Waals surface area contributed by atoms with E-state index < -0.39 is 11.8 Å². The zero-order valence-corrected chi connectivity index (χ0v) is 14.9. The molecule has 0 radical (unpaired) electrons. The van der Waals surface area contributed by atoms with Gasteiger partial charge >= 0.3 is 11.8 Å². The number of hydrogen-bond donors (Lipinski definition) is 2. The molecule has 1 unspecified atom stereocenters. The van der Waals surface area contributed by atoms with Gasteiger partial charge in [0.2, 0.25) is 0 Å². The number of amides is 2. The van der Waals surface area contributed by atoms with E-state index in [1.807, 2.05) is 30.3 Å². The zero-order valence-electron chi connectivity index (χ0n) is 14.9. The van der Waals surface area contributed by atoms with Crippen molar-refractivity contribution in [3.63, 3.8) is 0 Å². The molecule has 136 valence electrons. The van der Waals surface area contributed by atoms with Crippen LogP contribution in [0.4, 0.5) is 0 Å². The number of carbonyl (C=O) groups is 2. The SMILES string of the molecule is COc1ccc(/C=N/NC(=O)C(=O)NC(C)c2ccccc2)c(OC)c1. The number of benzene rings is 2. The van der Waals surface area contributed by atoms with Gasteiger partial charge in [-0.3, -0.25) is 9.59 Å². The van der Waals surface area contributed by atoms with Gasteiger partial charge in [0.05, 0.1) is 26.5 Å². The second-order valence-electron chi connectivity index (χ2n) is 5.41. The highest BCUT2D eigenvalue weighted by Crippen LogP contribution is 2.22. The number of ether oxygens (including phenoxy) is 2. The molecule has 2 amide bonds. The van der Waals surface area contributed by atoms with Crippen LogP contribution >= 0.6 is 0 Å². The molecular formula is C19H21N3O4. The smallest absolute Gasteiger partial charge is 0.329 e. The van der Waals surface area contributed by atoms with Crippen LogP contribution in [0, 0.1) is 0 Å². The number of nitrogens with zero attached hydrogens (tertiary/aromatic N) is 1. The fraction of sp³-hybridized carbons (Fsp3) is 0.211. The fourth-order valence-electron chi connectivity index (χ4n) is 2.22. The Kier molecular flexibility index (Phi) is 6.73. The Morgan fingerprint density at radius 3 is 2.42 bits per heavy atom. The van der Waals surface area contributed by atoms with Crippen molar-refractivity contribution >= 4 is 18.0 Å². The molecule has 2 N–H and O–H groups in total. The minimum atomic E-state index is -0.850. The molecule has 0 saturated carbocycles. The van der Waals surface area contributed by atoms with Crippen molar-refractivity contribution in [3.8, 4) is 11.5 Å². The van der Waals surface area contributed by atoms with E-state index in [0.717, 1.165) is 5.56 Å². The lowest BCUT2D eigenvalue weighted by molar-refractivity contribution is -0.139. The second kappa shape index (κ2) is 9.22. The summed E-state index contributed by atoms with van der Waals surface area (Å²) in [6.07, 6.45) is 1.39. The number of hydrogen-bond acceptors (Lipinski definition) is 5. The Labute approximate surface area is 152 Å². The van der Waals surface area contributed by atoms with Crippen molar-refractivity contribution in [2.24, 2.45) is 5.10 Å². The van der Waals surface area contributed by atoms with Gasteiger partial charge in [-0.15, -0.1) is 0 Å². The van der Waals surface area contributed by atoms with Gasteiger partial charge in [0.15, 0.2) is 0 Å². The van der Waals surface area contributed by atoms with Crippen molar-refractivity contribution in [1.29, 1.82) is 0 Å². The molecule has 7 nitrogen and oxygen atoms in total. The molecule has 7 heteroatoms. The average molecular weight is 355 g/mol. The third kappa shape index (κ3) is 5.07. The molecule has 0 heterocycles. The van der Waals surface area contributed by atoms with Crippen LogP contribution in [0.5, 0.6) is 11.5 Å². The quantitative estimate of drug-likeness (QED) is 0.471. The van der Waals surface area contributed by atoms with Gasteiger partial charge in [-0.05, 0) is 24.6 Å². The molecule has 0 aliphatic carbocycles. The molecule has 1 atom stereocenters. The Balaban J connectivity index is 1.93. The number of carbonyl (C=O) groups excluding carboxylic acids is 2. The van der Waals surface area contributed by atoms with Gasteiger partial charge in [-0.25, -0.2) is 5.43 Å². The summed E-state index contributed by atoms with van der Waals surface area (Å²) in [5.41, 5.74) is 3.73. The van der Waals surface area contributed by atoms with Crippen LogP contribution in [0.2, 0.25) is 0 Å². The lowest BCUT2D eigenvalue weighted by Crippen LogP contribution is -2.39. The Morgan fingerprint density at radius 1 is 1.04 bits per heavy atom. The molecule has 0 aromatic heterocycles. The van der Waals surface area contributed by atoms with Crippen LogP contribution in [0.3, 0.4) is 0 Å². The van der Waals surface area contributed by atoms with Crippen LogP contribution < -0.4 is 20.2 Å². The summed E-state index contributed by atoms with van der Waals surface area (Å²) in [5, 5.41) is 6.42. The highest BCUT2D eigenvalue weighted by molar-refractivity contribution is 6.35. The summed E-state index contributed by atoms with van der Waals surface area (Å²) < 4.78 is 10.3. The Morgan fingerprint density at radius 2 is 1.77 bits per heavy atom. The van der Waals surface area contributed by atoms with Gasteiger partial charge in [-0.2, -0.15) is 5.10 Å². The monoisotopic (exact) mass is 355 g/mol. The molecule has 0 bridgehead atoms. The minimum Gasteiger partial charge on any atom is -0.497 e. The van der Waals surface area contributed by atoms with Crippen molar-refractivity contribution in [3.05, 3.63) is 59.7 Å². The van der Waals surface area contributed by atoms with E-state index in [1.54, 1.807) is 32.2 Å². The topological polar surface area (TPSA) is 89.0 Å². The Hall–Kier alpha value is -3.35. The molecule has 26 heavy (non-hydrogen) atoms. The zero-order chi connectivity index (χ0) is 18.9. The summed E-state index contributed by atoms with van der Waals surface area (Å²) >= 11 is 0. The van der Waals surface area contributed by atoms with Gasteiger partial charge < -0.3 is 14.8 Å². The first kappa shape index (κ1) is 19.0. The third-order valence-electron chi connectivity index (χ3n) is 3.66. The first-order chi connectivity index (χ1) is 12.5. The first-order valence-corrected chi connectivity index (χ1v) is 7.96. The molecule has 2 aromatic carbocycles. The summed E-state index contributed by atoms with van der Waals surface area (Å²) in [6, 6.07) is 14.2. The van der Waals surface area contributed by atoms with Crippen LogP contribution in [-0.2, 0) is 9.59 Å². The maximum atomic E-state index is 11.9. The average Bonchev–Trinajstić information content (AvgIpc) is 2.68. The van der Waals surface area contributed by atoms with Crippen molar-refractivity contribution in [1.82, 2.24) is 10.7 Å². The largest absolute Gasteiger partial charge is 0.497 e. The predicted molar refractivity (Wildman–Crippen MR) is 98.3 cm³/mol. The van der Waals surface area contributed by atoms with E-state index in [2.05, 4.69) is 15.8 Å². The first-order valence-electron chi connectivity index (χ1n) is 7.96. The highest BCUT2D eigenvalue weighted by Gasteiger charge is 2.16. The molecule has 0 aliphatic rings. The third-order valence-corrected chi connectivity index (χ3v) is 3.66.